The van der Waals surface area contributed by atoms with Crippen molar-refractivity contribution in [3.05, 3.63) is 63.2 Å². The Bertz CT molecular complexity index is 631. The monoisotopic (exact) mass is 411 g/mol. The number of hydrogen-bond donors (Lipinski definition) is 2. The van der Waals surface area contributed by atoms with E-state index in [0.29, 0.717) is 13.0 Å². The van der Waals surface area contributed by atoms with Gasteiger partial charge in [-0.25, -0.2) is 0 Å². The lowest BCUT2D eigenvalue weighted by Gasteiger charge is -2.11. The maximum Gasteiger partial charge on any atom is 0.320 e. The first-order valence-electron chi connectivity index (χ1n) is 7.00. The van der Waals surface area contributed by atoms with Crippen molar-refractivity contribution in [2.75, 3.05) is 6.61 Å². The molecule has 1 atom stereocenters. The Morgan fingerprint density at radius 2 is 1.91 bits per heavy atom. The third-order valence-corrected chi connectivity index (χ3v) is 4.10. The molecule has 2 aromatic rings. The van der Waals surface area contributed by atoms with E-state index in [1.54, 1.807) is 0 Å². The van der Waals surface area contributed by atoms with Gasteiger partial charge in [-0.15, -0.1) is 0 Å². The predicted octanol–water partition coefficient (Wildman–Crippen LogP) is 2.87. The van der Waals surface area contributed by atoms with E-state index in [1.165, 1.54) is 5.56 Å². The zero-order valence-electron chi connectivity index (χ0n) is 12.0. The van der Waals surface area contributed by atoms with Crippen LogP contribution in [0, 0.1) is 3.57 Å². The Morgan fingerprint density at radius 3 is 2.55 bits per heavy atom. The second-order valence-electron chi connectivity index (χ2n) is 5.00. The van der Waals surface area contributed by atoms with Crippen LogP contribution >= 0.6 is 22.6 Å². The predicted molar refractivity (Wildman–Crippen MR) is 94.1 cm³/mol. The van der Waals surface area contributed by atoms with Crippen LogP contribution in [-0.4, -0.2) is 23.7 Å². The van der Waals surface area contributed by atoms with Crippen LogP contribution in [0.15, 0.2) is 48.5 Å². The maximum atomic E-state index is 10.8. The summed E-state index contributed by atoms with van der Waals surface area (Å²) in [5, 5.41) is 8.84. The zero-order valence-corrected chi connectivity index (χ0v) is 14.2. The van der Waals surface area contributed by atoms with Gasteiger partial charge in [0, 0.05) is 6.42 Å². The molecule has 3 N–H and O–H groups in total. The average molecular weight is 411 g/mol. The standard InChI is InChI=1S/C17H18INO3/c18-14-10-13(11-15(19)17(20)21)6-7-16(14)22-9-8-12-4-2-1-3-5-12/h1-7,10,15H,8-9,11,19H2,(H,20,21)/t15-/m1/s1. The van der Waals surface area contributed by atoms with Crippen molar-refractivity contribution in [3.63, 3.8) is 0 Å². The average Bonchev–Trinajstić information content (AvgIpc) is 2.50. The molecule has 0 aliphatic heterocycles. The fraction of sp³-hybridized carbons (Fsp3) is 0.235. The van der Waals surface area contributed by atoms with Gasteiger partial charge in [0.1, 0.15) is 11.8 Å². The smallest absolute Gasteiger partial charge is 0.320 e. The Hall–Kier alpha value is -1.60. The molecular formula is C17H18INO3. The molecule has 116 valence electrons. The molecule has 0 unspecified atom stereocenters. The number of halogens is 1. The normalized spacial score (nSPS) is 11.9. The van der Waals surface area contributed by atoms with E-state index in [9.17, 15) is 4.79 Å². The summed E-state index contributed by atoms with van der Waals surface area (Å²) < 4.78 is 6.75. The number of carboxylic acid groups (broad SMARTS) is 1. The van der Waals surface area contributed by atoms with Gasteiger partial charge in [0.05, 0.1) is 10.2 Å². The third-order valence-electron chi connectivity index (χ3n) is 3.26. The van der Waals surface area contributed by atoms with E-state index in [-0.39, 0.29) is 0 Å². The van der Waals surface area contributed by atoms with Crippen LogP contribution in [-0.2, 0) is 17.6 Å². The molecule has 0 radical (unpaired) electrons. The molecule has 0 aliphatic rings. The van der Waals surface area contributed by atoms with Crippen LogP contribution in [0.25, 0.3) is 0 Å². The number of ether oxygens (including phenoxy) is 1. The SMILES string of the molecule is N[C@H](Cc1ccc(OCCc2ccccc2)c(I)c1)C(=O)O. The van der Waals surface area contributed by atoms with Gasteiger partial charge in [0.2, 0.25) is 0 Å². The molecule has 2 aromatic carbocycles. The molecule has 0 bridgehead atoms. The summed E-state index contributed by atoms with van der Waals surface area (Å²) in [5.41, 5.74) is 7.68. The first-order chi connectivity index (χ1) is 10.6. The summed E-state index contributed by atoms with van der Waals surface area (Å²) in [7, 11) is 0. The largest absolute Gasteiger partial charge is 0.492 e. The van der Waals surface area contributed by atoms with Crippen molar-refractivity contribution in [2.24, 2.45) is 5.73 Å². The molecule has 0 aromatic heterocycles. The first-order valence-corrected chi connectivity index (χ1v) is 8.07. The number of benzene rings is 2. The molecule has 0 fully saturated rings. The lowest BCUT2D eigenvalue weighted by Crippen LogP contribution is -2.32. The van der Waals surface area contributed by atoms with Gasteiger partial charge in [-0.3, -0.25) is 4.79 Å². The highest BCUT2D eigenvalue weighted by molar-refractivity contribution is 14.1. The van der Waals surface area contributed by atoms with Crippen LogP contribution in [0.5, 0.6) is 5.75 Å². The van der Waals surface area contributed by atoms with Gasteiger partial charge in [0.25, 0.3) is 0 Å². The van der Waals surface area contributed by atoms with Crippen molar-refractivity contribution in [1.29, 1.82) is 0 Å². The molecule has 2 rings (SSSR count). The molecule has 0 spiro atoms. The Balaban J connectivity index is 1.91. The van der Waals surface area contributed by atoms with E-state index in [2.05, 4.69) is 34.7 Å². The van der Waals surface area contributed by atoms with Crippen LogP contribution < -0.4 is 10.5 Å². The van der Waals surface area contributed by atoms with E-state index in [1.807, 2.05) is 36.4 Å². The first kappa shape index (κ1) is 16.8. The van der Waals surface area contributed by atoms with Crippen molar-refractivity contribution < 1.29 is 14.6 Å². The van der Waals surface area contributed by atoms with E-state index in [0.717, 1.165) is 21.3 Å². The summed E-state index contributed by atoms with van der Waals surface area (Å²) >= 11 is 2.19. The quantitative estimate of drug-likeness (QED) is 0.688. The lowest BCUT2D eigenvalue weighted by molar-refractivity contribution is -0.138. The number of hydrogen-bond acceptors (Lipinski definition) is 3. The van der Waals surface area contributed by atoms with Gasteiger partial charge in [-0.2, -0.15) is 0 Å². The topological polar surface area (TPSA) is 72.5 Å². The minimum absolute atomic E-state index is 0.315. The van der Waals surface area contributed by atoms with Gasteiger partial charge in [-0.1, -0.05) is 36.4 Å². The number of nitrogens with two attached hydrogens (primary N) is 1. The highest BCUT2D eigenvalue weighted by Gasteiger charge is 2.13. The maximum absolute atomic E-state index is 10.8. The van der Waals surface area contributed by atoms with Gasteiger partial charge < -0.3 is 15.6 Å². The molecule has 4 nitrogen and oxygen atoms in total. The Morgan fingerprint density at radius 1 is 1.18 bits per heavy atom. The number of aliphatic carboxylic acids is 1. The molecule has 0 saturated carbocycles. The van der Waals surface area contributed by atoms with Gasteiger partial charge in [0.15, 0.2) is 0 Å². The van der Waals surface area contributed by atoms with E-state index in [4.69, 9.17) is 15.6 Å². The number of rotatable bonds is 7. The zero-order chi connectivity index (χ0) is 15.9. The van der Waals surface area contributed by atoms with Crippen LogP contribution in [0.4, 0.5) is 0 Å². The minimum Gasteiger partial charge on any atom is -0.492 e. The number of carbonyl (C=O) groups is 1. The molecular weight excluding hydrogens is 393 g/mol. The summed E-state index contributed by atoms with van der Waals surface area (Å²) in [6, 6.07) is 14.9. The fourth-order valence-corrected chi connectivity index (χ4v) is 2.79. The third kappa shape index (κ3) is 4.99. The van der Waals surface area contributed by atoms with Crippen LogP contribution in [0.1, 0.15) is 11.1 Å². The van der Waals surface area contributed by atoms with Crippen molar-refractivity contribution in [2.45, 2.75) is 18.9 Å². The fourth-order valence-electron chi connectivity index (χ4n) is 2.05. The van der Waals surface area contributed by atoms with Gasteiger partial charge in [-0.05, 0) is 52.3 Å². The van der Waals surface area contributed by atoms with Crippen molar-refractivity contribution >= 4 is 28.6 Å². The lowest BCUT2D eigenvalue weighted by atomic mass is 10.1. The van der Waals surface area contributed by atoms with Crippen molar-refractivity contribution in [1.82, 2.24) is 0 Å². The Kier molecular flexibility index (Phi) is 6.21. The molecule has 5 heteroatoms. The second-order valence-corrected chi connectivity index (χ2v) is 6.16. The van der Waals surface area contributed by atoms with Crippen LogP contribution in [0.2, 0.25) is 0 Å². The summed E-state index contributed by atoms with van der Waals surface area (Å²) in [6.07, 6.45) is 1.16. The highest BCUT2D eigenvalue weighted by atomic mass is 127. The minimum atomic E-state index is -0.988. The van der Waals surface area contributed by atoms with E-state index < -0.39 is 12.0 Å². The molecule has 0 saturated heterocycles. The van der Waals surface area contributed by atoms with Crippen molar-refractivity contribution in [3.8, 4) is 5.75 Å². The highest BCUT2D eigenvalue weighted by Crippen LogP contribution is 2.23. The second kappa shape index (κ2) is 8.14. The molecule has 22 heavy (non-hydrogen) atoms. The van der Waals surface area contributed by atoms with Gasteiger partial charge >= 0.3 is 5.97 Å². The summed E-state index contributed by atoms with van der Waals surface area (Å²) in [4.78, 5) is 10.8. The molecule has 0 aliphatic carbocycles. The van der Waals surface area contributed by atoms with E-state index >= 15 is 0 Å². The molecule has 0 heterocycles. The van der Waals surface area contributed by atoms with Crippen LogP contribution in [0.3, 0.4) is 0 Å². The molecule has 0 amide bonds. The summed E-state index contributed by atoms with van der Waals surface area (Å²) in [6.45, 7) is 0.605. The summed E-state index contributed by atoms with van der Waals surface area (Å²) in [5.74, 6) is -0.178. The number of carboxylic acids is 1. The Labute approximate surface area is 143 Å².